The lowest BCUT2D eigenvalue weighted by atomic mass is 10.0. The largest absolute Gasteiger partial charge is 0.478 e. The molecule has 9 nitrogen and oxygen atoms in total. The van der Waals surface area contributed by atoms with Gasteiger partial charge in [0.15, 0.2) is 23.3 Å². The Hall–Kier alpha value is -4.44. The fraction of sp³-hybridized carbons (Fsp3) is 0.381. The molecule has 57 heavy (non-hydrogen) atoms. The minimum absolute atomic E-state index is 0. The molecular formula is C42H54F4N4O5S2. The SMILES string of the molecule is C.C.CC(C)(C)[S@](=O)N[C@H]1CCc2c(C(=O)Nc3ccc(F)c(F)c3)cccc21.CC(C)(C)[S@](=O)N[C@H]1CCc2c(C(=O)O)cccc21.Nc1ccc(F)c(F)c1. The van der Waals surface area contributed by atoms with Crippen molar-refractivity contribution >= 4 is 45.2 Å². The smallest absolute Gasteiger partial charge is 0.335 e. The van der Waals surface area contributed by atoms with Crippen molar-refractivity contribution in [2.75, 3.05) is 11.1 Å². The van der Waals surface area contributed by atoms with Gasteiger partial charge in [-0.1, -0.05) is 39.1 Å². The molecule has 0 aromatic heterocycles. The Labute approximate surface area is 338 Å². The third-order valence-corrected chi connectivity index (χ3v) is 12.0. The van der Waals surface area contributed by atoms with Gasteiger partial charge in [0.1, 0.15) is 0 Å². The number of carboxylic acid groups (broad SMARTS) is 1. The summed E-state index contributed by atoms with van der Waals surface area (Å²) in [5, 5.41) is 11.8. The van der Waals surface area contributed by atoms with Crippen molar-refractivity contribution in [2.24, 2.45) is 0 Å². The lowest BCUT2D eigenvalue weighted by Gasteiger charge is -2.22. The Bertz CT molecular complexity index is 2100. The summed E-state index contributed by atoms with van der Waals surface area (Å²) in [6.45, 7) is 11.5. The number of rotatable bonds is 7. The van der Waals surface area contributed by atoms with Gasteiger partial charge in [-0.3, -0.25) is 4.79 Å². The van der Waals surface area contributed by atoms with Crippen LogP contribution in [0, 0.1) is 23.3 Å². The third kappa shape index (κ3) is 12.8. The van der Waals surface area contributed by atoms with Crippen LogP contribution < -0.4 is 20.5 Å². The monoisotopic (exact) mass is 834 g/mol. The molecule has 0 spiro atoms. The lowest BCUT2D eigenvalue weighted by molar-refractivity contribution is 0.0695. The van der Waals surface area contributed by atoms with Crippen LogP contribution in [0.2, 0.25) is 0 Å². The highest BCUT2D eigenvalue weighted by Crippen LogP contribution is 2.36. The van der Waals surface area contributed by atoms with Crippen LogP contribution in [0.25, 0.3) is 0 Å². The molecule has 0 radical (unpaired) electrons. The molecule has 0 saturated heterocycles. The zero-order valence-electron chi connectivity index (χ0n) is 31.4. The molecule has 0 bridgehead atoms. The van der Waals surface area contributed by atoms with Crippen LogP contribution in [0.15, 0.2) is 72.8 Å². The van der Waals surface area contributed by atoms with Crippen molar-refractivity contribution in [3.8, 4) is 0 Å². The van der Waals surface area contributed by atoms with Crippen molar-refractivity contribution in [3.63, 3.8) is 0 Å². The molecule has 15 heteroatoms. The summed E-state index contributed by atoms with van der Waals surface area (Å²) in [7, 11) is -2.37. The summed E-state index contributed by atoms with van der Waals surface area (Å²) in [5.41, 5.74) is 10.1. The molecule has 0 fully saturated rings. The van der Waals surface area contributed by atoms with E-state index in [1.54, 1.807) is 24.3 Å². The number of hydrogen-bond acceptors (Lipinski definition) is 5. The molecule has 6 N–H and O–H groups in total. The Morgan fingerprint density at radius 1 is 0.667 bits per heavy atom. The molecule has 4 aromatic rings. The predicted molar refractivity (Wildman–Crippen MR) is 223 cm³/mol. The van der Waals surface area contributed by atoms with Crippen LogP contribution in [-0.4, -0.2) is 34.9 Å². The fourth-order valence-electron chi connectivity index (χ4n) is 5.86. The summed E-state index contributed by atoms with van der Waals surface area (Å²) in [5.74, 6) is -5.03. The number of benzene rings is 4. The number of carbonyl (C=O) groups is 2. The van der Waals surface area contributed by atoms with E-state index in [1.165, 1.54) is 12.1 Å². The zero-order chi connectivity index (χ0) is 40.8. The molecular weight excluding hydrogens is 781 g/mol. The third-order valence-electron chi connectivity index (χ3n) is 8.75. The van der Waals surface area contributed by atoms with Crippen LogP contribution in [0.3, 0.4) is 0 Å². The van der Waals surface area contributed by atoms with Gasteiger partial charge >= 0.3 is 5.97 Å². The minimum Gasteiger partial charge on any atom is -0.478 e. The van der Waals surface area contributed by atoms with Crippen LogP contribution >= 0.6 is 0 Å². The maximum absolute atomic E-state index is 13.4. The van der Waals surface area contributed by atoms with Crippen molar-refractivity contribution in [1.29, 1.82) is 0 Å². The zero-order valence-corrected chi connectivity index (χ0v) is 33.0. The van der Waals surface area contributed by atoms with Gasteiger partial charge in [0.05, 0.1) is 37.0 Å². The molecule has 6 rings (SSSR count). The fourth-order valence-corrected chi connectivity index (χ4v) is 7.58. The first-order valence-electron chi connectivity index (χ1n) is 17.5. The standard InChI is InChI=1S/C20H22F2N2O2S.C14H19NO3S.C6H5F2N.2CH4/c1-20(2,3)27(26)24-18-10-8-13-14(18)5-4-6-15(13)19(25)23-12-7-9-16(21)17(22)11-12;1-14(2,3)19(18)15-12-8-7-9-10(12)5-4-6-11(9)13(16)17;7-5-2-1-4(9)3-6(5)8;;/h4-7,9,11,18,24H,8,10H2,1-3H3,(H,23,25);4-6,12,15H,7-8H2,1-3H3,(H,16,17);1-3H,9H2;2*1H4/t18-,27-;12-,19-;;;/m00.../s1. The Morgan fingerprint density at radius 2 is 1.11 bits per heavy atom. The van der Waals surface area contributed by atoms with E-state index in [2.05, 4.69) is 14.8 Å². The van der Waals surface area contributed by atoms with Gasteiger partial charge < -0.3 is 16.2 Å². The number of carboxylic acids is 1. The number of amides is 1. The van der Waals surface area contributed by atoms with Gasteiger partial charge in [-0.15, -0.1) is 0 Å². The number of halogens is 4. The van der Waals surface area contributed by atoms with Gasteiger partial charge in [0.2, 0.25) is 0 Å². The van der Waals surface area contributed by atoms with Gasteiger partial charge in [-0.25, -0.2) is 40.2 Å². The van der Waals surface area contributed by atoms with Gasteiger partial charge in [0.25, 0.3) is 5.91 Å². The molecule has 1 amide bonds. The van der Waals surface area contributed by atoms with E-state index in [0.717, 1.165) is 65.8 Å². The first-order chi connectivity index (χ1) is 25.7. The number of anilines is 2. The average molecular weight is 835 g/mol. The molecule has 2 aliphatic carbocycles. The number of aromatic carboxylic acids is 1. The molecule has 0 aliphatic heterocycles. The number of nitrogens with one attached hydrogen (secondary N) is 3. The predicted octanol–water partition coefficient (Wildman–Crippen LogP) is 9.50. The van der Waals surface area contributed by atoms with Crippen LogP contribution in [-0.2, 0) is 34.8 Å². The molecule has 0 saturated carbocycles. The molecule has 2 aliphatic rings. The van der Waals surface area contributed by atoms with Crippen LogP contribution in [0.1, 0.15) is 124 Å². The van der Waals surface area contributed by atoms with E-state index in [4.69, 9.17) is 10.8 Å². The van der Waals surface area contributed by atoms with Crippen molar-refractivity contribution in [1.82, 2.24) is 9.44 Å². The molecule has 312 valence electrons. The number of nitrogens with two attached hydrogens (primary N) is 1. The van der Waals surface area contributed by atoms with Gasteiger partial charge in [0, 0.05) is 35.1 Å². The highest BCUT2D eigenvalue weighted by molar-refractivity contribution is 7.84. The quantitative estimate of drug-likeness (QED) is 0.0925. The van der Waals surface area contributed by atoms with Crippen LogP contribution in [0.4, 0.5) is 28.9 Å². The van der Waals surface area contributed by atoms with Crippen molar-refractivity contribution in [2.45, 2.75) is 104 Å². The van der Waals surface area contributed by atoms with E-state index < -0.39 is 51.2 Å². The van der Waals surface area contributed by atoms with E-state index in [-0.39, 0.29) is 53.7 Å². The average Bonchev–Trinajstić information content (AvgIpc) is 3.71. The second-order valence-corrected chi connectivity index (χ2v) is 19.0. The molecule has 4 atom stereocenters. The summed E-state index contributed by atoms with van der Waals surface area (Å²) >= 11 is 0. The number of nitrogen functional groups attached to an aromatic ring is 1. The topological polar surface area (TPSA) is 151 Å². The second kappa shape index (κ2) is 20.3. The van der Waals surface area contributed by atoms with E-state index >= 15 is 0 Å². The molecule has 4 aromatic carbocycles. The minimum atomic E-state index is -1.22. The van der Waals surface area contributed by atoms with Crippen LogP contribution in [0.5, 0.6) is 0 Å². The number of hydrogen-bond donors (Lipinski definition) is 5. The van der Waals surface area contributed by atoms with E-state index in [9.17, 15) is 35.6 Å². The van der Waals surface area contributed by atoms with Crippen molar-refractivity contribution in [3.05, 3.63) is 129 Å². The van der Waals surface area contributed by atoms with Gasteiger partial charge in [-0.2, -0.15) is 0 Å². The highest BCUT2D eigenvalue weighted by atomic mass is 32.2. The first-order valence-corrected chi connectivity index (χ1v) is 19.8. The highest BCUT2D eigenvalue weighted by Gasteiger charge is 2.32. The lowest BCUT2D eigenvalue weighted by Crippen LogP contribution is -2.35. The maximum Gasteiger partial charge on any atom is 0.335 e. The van der Waals surface area contributed by atoms with Gasteiger partial charge in [-0.05, 0) is 132 Å². The molecule has 0 heterocycles. The first kappa shape index (κ1) is 48.7. The normalized spacial score (nSPS) is 16.5. The number of carbonyl (C=O) groups excluding carboxylic acids is 1. The maximum atomic E-state index is 13.4. The summed E-state index contributed by atoms with van der Waals surface area (Å²) in [6, 6.07) is 17.1. The van der Waals surface area contributed by atoms with Crippen molar-refractivity contribution < 1.29 is 40.7 Å². The summed E-state index contributed by atoms with van der Waals surface area (Å²) in [4.78, 5) is 23.8. The Kier molecular flexibility index (Phi) is 17.4. The van der Waals surface area contributed by atoms with E-state index in [1.807, 2.05) is 53.7 Å². The Morgan fingerprint density at radius 3 is 1.53 bits per heavy atom. The Balaban J connectivity index is 0.000000325. The summed E-state index contributed by atoms with van der Waals surface area (Å²) < 4.78 is 80.7. The molecule has 0 unspecified atom stereocenters. The number of fused-ring (bicyclic) bond motifs is 2. The summed E-state index contributed by atoms with van der Waals surface area (Å²) in [6.07, 6.45) is 2.93. The second-order valence-electron chi connectivity index (χ2n) is 15.0. The van der Waals surface area contributed by atoms with E-state index in [0.29, 0.717) is 17.5 Å².